The molecule has 1 aromatic rings. The van der Waals surface area contributed by atoms with Gasteiger partial charge in [-0.1, -0.05) is 30.3 Å². The fraction of sp³-hybridized carbons (Fsp3) is 0.533. The predicted molar refractivity (Wildman–Crippen MR) is 75.0 cm³/mol. The van der Waals surface area contributed by atoms with E-state index in [1.165, 1.54) is 5.56 Å². The molecule has 4 nitrogen and oxygen atoms in total. The molecule has 4 heteroatoms. The molecule has 1 aliphatic carbocycles. The van der Waals surface area contributed by atoms with Gasteiger partial charge in [0.1, 0.15) is 0 Å². The normalized spacial score (nSPS) is 29.2. The highest BCUT2D eigenvalue weighted by Crippen LogP contribution is 2.40. The summed E-state index contributed by atoms with van der Waals surface area (Å²) < 4.78 is 0. The lowest BCUT2D eigenvalue weighted by atomic mass is 10.1. The minimum atomic E-state index is 0.118. The molecule has 3 rings (SSSR count). The summed E-state index contributed by atoms with van der Waals surface area (Å²) in [5.41, 5.74) is 1.38. The number of hydrogen-bond acceptors (Lipinski definition) is 3. The van der Waals surface area contributed by atoms with Gasteiger partial charge in [-0.25, -0.2) is 0 Å². The molecule has 1 aromatic carbocycles. The Labute approximate surface area is 114 Å². The van der Waals surface area contributed by atoms with Crippen molar-refractivity contribution in [3.05, 3.63) is 35.9 Å². The lowest BCUT2D eigenvalue weighted by Crippen LogP contribution is -2.42. The molecule has 0 aromatic heterocycles. The Morgan fingerprint density at radius 2 is 2.16 bits per heavy atom. The van der Waals surface area contributed by atoms with Crippen molar-refractivity contribution in [3.8, 4) is 0 Å². The molecule has 1 saturated carbocycles. The first-order valence-corrected chi connectivity index (χ1v) is 7.11. The van der Waals surface area contributed by atoms with Crippen LogP contribution >= 0.6 is 0 Å². The number of amides is 1. The van der Waals surface area contributed by atoms with Crippen molar-refractivity contribution in [2.24, 2.45) is 0 Å². The number of hydrogen-bond donors (Lipinski definition) is 3. The highest BCUT2D eigenvalue weighted by molar-refractivity contribution is 5.78. The smallest absolute Gasteiger partial charge is 0.234 e. The molecule has 1 aliphatic heterocycles. The topological polar surface area (TPSA) is 53.2 Å². The molecule has 1 heterocycles. The number of benzene rings is 1. The summed E-state index contributed by atoms with van der Waals surface area (Å²) in [6.07, 6.45) is 2.18. The summed E-state index contributed by atoms with van der Waals surface area (Å²) >= 11 is 0. The number of carbonyl (C=O) groups excluding carboxylic acids is 1. The van der Waals surface area contributed by atoms with E-state index in [1.807, 2.05) is 6.07 Å². The standard InChI is InChI=1S/C15H21N3O/c19-15(18-12-6-7-16-9-12)10-17-14-8-13(14)11-4-2-1-3-5-11/h1-5,12-14,16-17H,6-10H2,(H,18,19)/t12?,13?,14-/m0/s1. The molecule has 0 bridgehead atoms. The molecule has 2 unspecified atom stereocenters. The van der Waals surface area contributed by atoms with Crippen molar-refractivity contribution < 1.29 is 4.79 Å². The van der Waals surface area contributed by atoms with Crippen LogP contribution in [0.5, 0.6) is 0 Å². The maximum atomic E-state index is 11.8. The Balaban J connectivity index is 1.38. The van der Waals surface area contributed by atoms with Gasteiger partial charge in [-0.15, -0.1) is 0 Å². The fourth-order valence-electron chi connectivity index (χ4n) is 2.77. The number of rotatable bonds is 5. The SMILES string of the molecule is O=C(CN[C@H]1CC1c1ccccc1)NC1CCNC1. The molecule has 0 spiro atoms. The summed E-state index contributed by atoms with van der Waals surface area (Å²) in [5.74, 6) is 0.703. The molecule has 102 valence electrons. The van der Waals surface area contributed by atoms with Gasteiger partial charge in [0.15, 0.2) is 0 Å². The monoisotopic (exact) mass is 259 g/mol. The molecule has 2 fully saturated rings. The first kappa shape index (κ1) is 12.6. The van der Waals surface area contributed by atoms with Crippen LogP contribution in [-0.4, -0.2) is 37.6 Å². The molecule has 3 atom stereocenters. The second-order valence-corrected chi connectivity index (χ2v) is 5.50. The summed E-state index contributed by atoms with van der Waals surface area (Å²) in [7, 11) is 0. The molecular formula is C15H21N3O. The van der Waals surface area contributed by atoms with Gasteiger partial charge in [0.2, 0.25) is 5.91 Å². The van der Waals surface area contributed by atoms with Crippen LogP contribution in [0, 0.1) is 0 Å². The largest absolute Gasteiger partial charge is 0.351 e. The van der Waals surface area contributed by atoms with E-state index in [9.17, 15) is 4.79 Å². The Bertz CT molecular complexity index is 428. The van der Waals surface area contributed by atoms with Gasteiger partial charge in [-0.3, -0.25) is 4.79 Å². The second kappa shape index (κ2) is 5.72. The fourth-order valence-corrected chi connectivity index (χ4v) is 2.77. The van der Waals surface area contributed by atoms with E-state index in [1.54, 1.807) is 0 Å². The first-order valence-electron chi connectivity index (χ1n) is 7.11. The van der Waals surface area contributed by atoms with E-state index in [0.29, 0.717) is 24.5 Å². The maximum absolute atomic E-state index is 11.8. The van der Waals surface area contributed by atoms with Gasteiger partial charge in [0.05, 0.1) is 6.54 Å². The van der Waals surface area contributed by atoms with Crippen molar-refractivity contribution in [3.63, 3.8) is 0 Å². The van der Waals surface area contributed by atoms with Gasteiger partial charge in [0.25, 0.3) is 0 Å². The lowest BCUT2D eigenvalue weighted by molar-refractivity contribution is -0.120. The minimum absolute atomic E-state index is 0.118. The van der Waals surface area contributed by atoms with Gasteiger partial charge in [-0.05, 0) is 24.9 Å². The van der Waals surface area contributed by atoms with Crippen molar-refractivity contribution in [1.29, 1.82) is 0 Å². The highest BCUT2D eigenvalue weighted by atomic mass is 16.2. The van der Waals surface area contributed by atoms with Crippen LogP contribution in [0.25, 0.3) is 0 Å². The average molecular weight is 259 g/mol. The van der Waals surface area contributed by atoms with Crippen molar-refractivity contribution in [2.75, 3.05) is 19.6 Å². The summed E-state index contributed by atoms with van der Waals surface area (Å²) in [6, 6.07) is 11.3. The molecule has 3 N–H and O–H groups in total. The molecule has 2 aliphatic rings. The zero-order valence-electron chi connectivity index (χ0n) is 11.1. The van der Waals surface area contributed by atoms with E-state index in [4.69, 9.17) is 0 Å². The van der Waals surface area contributed by atoms with E-state index < -0.39 is 0 Å². The summed E-state index contributed by atoms with van der Waals surface area (Å²) in [5, 5.41) is 9.65. The van der Waals surface area contributed by atoms with Gasteiger partial charge >= 0.3 is 0 Å². The zero-order valence-corrected chi connectivity index (χ0v) is 11.1. The van der Waals surface area contributed by atoms with E-state index in [-0.39, 0.29) is 5.91 Å². The van der Waals surface area contributed by atoms with Gasteiger partial charge in [0, 0.05) is 24.5 Å². The first-order chi connectivity index (χ1) is 9.33. The quantitative estimate of drug-likeness (QED) is 0.726. The Morgan fingerprint density at radius 1 is 1.32 bits per heavy atom. The number of carbonyl (C=O) groups is 1. The third kappa shape index (κ3) is 3.33. The second-order valence-electron chi connectivity index (χ2n) is 5.50. The predicted octanol–water partition coefficient (Wildman–Crippen LogP) is 0.610. The van der Waals surface area contributed by atoms with E-state index >= 15 is 0 Å². The summed E-state index contributed by atoms with van der Waals surface area (Å²) in [4.78, 5) is 11.8. The van der Waals surface area contributed by atoms with Crippen molar-refractivity contribution in [2.45, 2.75) is 30.8 Å². The minimum Gasteiger partial charge on any atom is -0.351 e. The van der Waals surface area contributed by atoms with Crippen LogP contribution in [0.15, 0.2) is 30.3 Å². The highest BCUT2D eigenvalue weighted by Gasteiger charge is 2.37. The van der Waals surface area contributed by atoms with Crippen LogP contribution in [0.2, 0.25) is 0 Å². The van der Waals surface area contributed by atoms with Crippen LogP contribution in [0.1, 0.15) is 24.3 Å². The summed E-state index contributed by atoms with van der Waals surface area (Å²) in [6.45, 7) is 2.35. The molecule has 1 saturated heterocycles. The Morgan fingerprint density at radius 3 is 2.89 bits per heavy atom. The van der Waals surface area contributed by atoms with Crippen LogP contribution < -0.4 is 16.0 Å². The van der Waals surface area contributed by atoms with Gasteiger partial charge in [-0.2, -0.15) is 0 Å². The van der Waals surface area contributed by atoms with E-state index in [0.717, 1.165) is 25.9 Å². The molecular weight excluding hydrogens is 238 g/mol. The average Bonchev–Trinajstić information content (AvgIpc) is 3.05. The molecule has 1 amide bonds. The Kier molecular flexibility index (Phi) is 3.80. The molecule has 19 heavy (non-hydrogen) atoms. The van der Waals surface area contributed by atoms with Crippen LogP contribution in [0.3, 0.4) is 0 Å². The van der Waals surface area contributed by atoms with Crippen LogP contribution in [-0.2, 0) is 4.79 Å². The third-order valence-electron chi connectivity index (χ3n) is 3.97. The maximum Gasteiger partial charge on any atom is 0.234 e. The van der Waals surface area contributed by atoms with Gasteiger partial charge < -0.3 is 16.0 Å². The van der Waals surface area contributed by atoms with E-state index in [2.05, 4.69) is 40.2 Å². The van der Waals surface area contributed by atoms with Crippen molar-refractivity contribution >= 4 is 5.91 Å². The third-order valence-corrected chi connectivity index (χ3v) is 3.97. The van der Waals surface area contributed by atoms with Crippen molar-refractivity contribution in [1.82, 2.24) is 16.0 Å². The zero-order chi connectivity index (χ0) is 13.1. The number of nitrogens with one attached hydrogen (secondary N) is 3. The molecule has 0 radical (unpaired) electrons. The Hall–Kier alpha value is -1.39. The van der Waals surface area contributed by atoms with Crippen LogP contribution in [0.4, 0.5) is 0 Å². The lowest BCUT2D eigenvalue weighted by Gasteiger charge is -2.11.